The summed E-state index contributed by atoms with van der Waals surface area (Å²) < 4.78 is 5.40. The maximum absolute atomic E-state index is 12.5. The van der Waals surface area contributed by atoms with Crippen molar-refractivity contribution in [2.45, 2.75) is 38.8 Å². The zero-order chi connectivity index (χ0) is 19.4. The molecule has 148 valence electrons. The first kappa shape index (κ1) is 19.8. The van der Waals surface area contributed by atoms with Crippen molar-refractivity contribution >= 4 is 29.2 Å². The molecule has 8 heteroatoms. The molecular formula is C19H27ClN4O3. The molecule has 2 aliphatic rings. The zero-order valence-corrected chi connectivity index (χ0v) is 16.6. The summed E-state index contributed by atoms with van der Waals surface area (Å²) in [7, 11) is 0. The van der Waals surface area contributed by atoms with Crippen LogP contribution in [0.3, 0.4) is 0 Å². The van der Waals surface area contributed by atoms with Crippen LogP contribution in [0, 0.1) is 0 Å². The summed E-state index contributed by atoms with van der Waals surface area (Å²) in [6.07, 6.45) is 2.17. The number of halogens is 1. The van der Waals surface area contributed by atoms with Crippen LogP contribution in [0.1, 0.15) is 26.7 Å². The molecular weight excluding hydrogens is 368 g/mol. The summed E-state index contributed by atoms with van der Waals surface area (Å²) in [6, 6.07) is 5.25. The first-order valence-corrected chi connectivity index (χ1v) is 9.88. The third-order valence-electron chi connectivity index (χ3n) is 4.94. The van der Waals surface area contributed by atoms with Gasteiger partial charge in [-0.3, -0.25) is 9.69 Å². The van der Waals surface area contributed by atoms with E-state index in [1.54, 1.807) is 23.1 Å². The molecule has 0 aromatic heterocycles. The number of carbonyl (C=O) groups is 2. The minimum Gasteiger partial charge on any atom is -0.492 e. The second kappa shape index (κ2) is 8.80. The molecule has 7 nitrogen and oxygen atoms in total. The van der Waals surface area contributed by atoms with E-state index in [1.165, 1.54) is 0 Å². The number of nitrogens with one attached hydrogen (secondary N) is 2. The van der Waals surface area contributed by atoms with Crippen LogP contribution in [-0.4, -0.2) is 66.6 Å². The maximum Gasteiger partial charge on any atom is 0.321 e. The summed E-state index contributed by atoms with van der Waals surface area (Å²) >= 11 is 6.17. The molecule has 1 unspecified atom stereocenters. The molecule has 2 fully saturated rings. The molecule has 3 rings (SSSR count). The first-order valence-electron chi connectivity index (χ1n) is 9.50. The predicted molar refractivity (Wildman–Crippen MR) is 105 cm³/mol. The fourth-order valence-corrected chi connectivity index (χ4v) is 3.32. The number of nitrogens with zero attached hydrogens (tertiary/aromatic N) is 2. The minimum atomic E-state index is -0.166. The topological polar surface area (TPSA) is 73.9 Å². The highest BCUT2D eigenvalue weighted by atomic mass is 35.5. The van der Waals surface area contributed by atoms with Gasteiger partial charge in [0.05, 0.1) is 17.7 Å². The van der Waals surface area contributed by atoms with Gasteiger partial charge in [-0.2, -0.15) is 0 Å². The average molecular weight is 395 g/mol. The Kier molecular flexibility index (Phi) is 6.44. The van der Waals surface area contributed by atoms with Gasteiger partial charge in [0, 0.05) is 37.9 Å². The lowest BCUT2D eigenvalue weighted by atomic mass is 10.2. The molecule has 0 spiro atoms. The lowest BCUT2D eigenvalue weighted by Crippen LogP contribution is -2.55. The Morgan fingerprint density at radius 3 is 2.56 bits per heavy atom. The van der Waals surface area contributed by atoms with E-state index in [0.717, 1.165) is 12.8 Å². The second-order valence-corrected chi connectivity index (χ2v) is 7.40. The third-order valence-corrected chi connectivity index (χ3v) is 5.23. The Labute approximate surface area is 165 Å². The van der Waals surface area contributed by atoms with Gasteiger partial charge in [-0.1, -0.05) is 11.6 Å². The van der Waals surface area contributed by atoms with Gasteiger partial charge in [0.25, 0.3) is 0 Å². The molecule has 2 N–H and O–H groups in total. The highest BCUT2D eigenvalue weighted by Crippen LogP contribution is 2.28. The Morgan fingerprint density at radius 1 is 1.26 bits per heavy atom. The molecule has 1 saturated carbocycles. The van der Waals surface area contributed by atoms with Crippen molar-refractivity contribution in [2.75, 3.05) is 38.1 Å². The smallest absolute Gasteiger partial charge is 0.321 e. The van der Waals surface area contributed by atoms with Crippen LogP contribution in [0.15, 0.2) is 18.2 Å². The number of amides is 3. The summed E-state index contributed by atoms with van der Waals surface area (Å²) in [4.78, 5) is 28.6. The van der Waals surface area contributed by atoms with Gasteiger partial charge in [0.15, 0.2) is 0 Å². The van der Waals surface area contributed by atoms with Gasteiger partial charge in [-0.05, 0) is 44.9 Å². The van der Waals surface area contributed by atoms with Gasteiger partial charge >= 0.3 is 6.03 Å². The van der Waals surface area contributed by atoms with E-state index in [0.29, 0.717) is 55.3 Å². The van der Waals surface area contributed by atoms with E-state index < -0.39 is 0 Å². The Balaban J connectivity index is 1.48. The highest BCUT2D eigenvalue weighted by Gasteiger charge is 2.30. The molecule has 0 radical (unpaired) electrons. The lowest BCUT2D eigenvalue weighted by molar-refractivity contribution is -0.126. The largest absolute Gasteiger partial charge is 0.492 e. The molecule has 1 heterocycles. The number of hydrogen-bond acceptors (Lipinski definition) is 4. The van der Waals surface area contributed by atoms with Crippen LogP contribution in [0.25, 0.3) is 0 Å². The summed E-state index contributed by atoms with van der Waals surface area (Å²) in [5.74, 6) is 0.684. The number of hydrogen-bond donors (Lipinski definition) is 2. The second-order valence-electron chi connectivity index (χ2n) is 6.99. The van der Waals surface area contributed by atoms with Gasteiger partial charge in [0.1, 0.15) is 5.75 Å². The maximum atomic E-state index is 12.5. The van der Waals surface area contributed by atoms with Crippen LogP contribution in [0.5, 0.6) is 5.75 Å². The molecule has 1 saturated heterocycles. The number of ether oxygens (including phenoxy) is 1. The number of piperazine rings is 1. The van der Waals surface area contributed by atoms with Crippen molar-refractivity contribution in [3.05, 3.63) is 23.2 Å². The van der Waals surface area contributed by atoms with E-state index in [-0.39, 0.29) is 18.0 Å². The van der Waals surface area contributed by atoms with Gasteiger partial charge in [-0.25, -0.2) is 4.79 Å². The van der Waals surface area contributed by atoms with Crippen LogP contribution in [-0.2, 0) is 4.79 Å². The molecule has 1 aromatic rings. The number of carbonyl (C=O) groups excluding carboxylic acids is 2. The van der Waals surface area contributed by atoms with E-state index in [1.807, 2.05) is 13.8 Å². The van der Waals surface area contributed by atoms with Crippen LogP contribution in [0.2, 0.25) is 5.02 Å². The Bertz CT molecular complexity index is 688. The number of rotatable bonds is 6. The van der Waals surface area contributed by atoms with Crippen molar-refractivity contribution in [2.24, 2.45) is 0 Å². The van der Waals surface area contributed by atoms with Gasteiger partial charge in [0.2, 0.25) is 5.91 Å². The first-order chi connectivity index (χ1) is 13.0. The molecule has 27 heavy (non-hydrogen) atoms. The number of benzene rings is 1. The van der Waals surface area contributed by atoms with Crippen molar-refractivity contribution < 1.29 is 14.3 Å². The fraction of sp³-hybridized carbons (Fsp3) is 0.579. The van der Waals surface area contributed by atoms with Crippen molar-refractivity contribution in [3.63, 3.8) is 0 Å². The van der Waals surface area contributed by atoms with Crippen molar-refractivity contribution in [3.8, 4) is 5.75 Å². The van der Waals surface area contributed by atoms with Crippen LogP contribution in [0.4, 0.5) is 10.5 Å². The minimum absolute atomic E-state index is 0.0828. The van der Waals surface area contributed by atoms with E-state index >= 15 is 0 Å². The predicted octanol–water partition coefficient (Wildman–Crippen LogP) is 2.56. The van der Waals surface area contributed by atoms with E-state index in [4.69, 9.17) is 16.3 Å². The average Bonchev–Trinajstić information content (AvgIpc) is 3.47. The van der Waals surface area contributed by atoms with E-state index in [9.17, 15) is 9.59 Å². The summed E-state index contributed by atoms with van der Waals surface area (Å²) in [5.41, 5.74) is 0.632. The fourth-order valence-electron chi connectivity index (χ4n) is 3.08. The van der Waals surface area contributed by atoms with Crippen LogP contribution >= 0.6 is 11.6 Å². The lowest BCUT2D eigenvalue weighted by Gasteiger charge is -2.37. The monoisotopic (exact) mass is 394 g/mol. The molecule has 1 aliphatic heterocycles. The molecule has 0 bridgehead atoms. The molecule has 1 atom stereocenters. The van der Waals surface area contributed by atoms with Gasteiger partial charge in [-0.15, -0.1) is 0 Å². The molecule has 3 amide bonds. The Hall–Kier alpha value is -1.99. The third kappa shape index (κ3) is 5.26. The van der Waals surface area contributed by atoms with Crippen molar-refractivity contribution in [1.29, 1.82) is 0 Å². The zero-order valence-electron chi connectivity index (χ0n) is 15.8. The quantitative estimate of drug-likeness (QED) is 0.777. The normalized spacial score (nSPS) is 18.7. The van der Waals surface area contributed by atoms with E-state index in [2.05, 4.69) is 15.5 Å². The van der Waals surface area contributed by atoms with Crippen LogP contribution < -0.4 is 15.4 Å². The molecule has 1 aromatic carbocycles. The standard InChI is InChI=1S/C19H27ClN4O3/c1-3-27-17-7-6-15(12-16(17)20)22-19(26)24-10-8-23(9-11-24)13(2)18(25)21-14-4-5-14/h6-7,12-14H,3-5,8-11H2,1-2H3,(H,21,25)(H,22,26). The number of urea groups is 1. The summed E-state index contributed by atoms with van der Waals surface area (Å²) in [6.45, 7) is 6.87. The summed E-state index contributed by atoms with van der Waals surface area (Å²) in [5, 5.41) is 6.38. The Morgan fingerprint density at radius 2 is 1.96 bits per heavy atom. The van der Waals surface area contributed by atoms with Gasteiger partial charge < -0.3 is 20.3 Å². The van der Waals surface area contributed by atoms with Crippen molar-refractivity contribution in [1.82, 2.24) is 15.1 Å². The number of anilines is 1. The highest BCUT2D eigenvalue weighted by molar-refractivity contribution is 6.32. The molecule has 1 aliphatic carbocycles. The SMILES string of the molecule is CCOc1ccc(NC(=O)N2CCN(C(C)C(=O)NC3CC3)CC2)cc1Cl.